The Morgan fingerprint density at radius 2 is 1.66 bits per heavy atom. The van der Waals surface area contributed by atoms with Crippen molar-refractivity contribution in [3.8, 4) is 28.6 Å². The molecule has 9 nitrogen and oxygen atoms in total. The fraction of sp³-hybridized carbons (Fsp3) is 0.179. The molecule has 0 spiro atoms. The zero-order valence-electron chi connectivity index (χ0n) is 21.5. The van der Waals surface area contributed by atoms with Gasteiger partial charge in [0.15, 0.2) is 22.5 Å². The van der Waals surface area contributed by atoms with Crippen molar-refractivity contribution in [2.24, 2.45) is 5.10 Å². The minimum absolute atomic E-state index is 0.0872. The molecule has 0 fully saturated rings. The number of aromatic nitrogens is 3. The van der Waals surface area contributed by atoms with E-state index >= 15 is 0 Å². The average Bonchev–Trinajstić information content (AvgIpc) is 3.32. The first-order valence-corrected chi connectivity index (χ1v) is 12.7. The standard InChI is InChI=1S/C28H27N5O4S/c1-18-5-10-22(11-6-18)27-31-32-28(33(27)23-12-7-19(2)8-13-23)38-17-26(35)30-29-16-21-9-14-24(37-20(3)34)25(15-21)36-4/h5-16H,17H2,1-4H3,(H,30,35)/b29-16-. The van der Waals surface area contributed by atoms with Crippen LogP contribution in [0.2, 0.25) is 0 Å². The van der Waals surface area contributed by atoms with Gasteiger partial charge in [-0.05, 0) is 49.7 Å². The second-order valence-corrected chi connectivity index (χ2v) is 9.37. The van der Waals surface area contributed by atoms with Crippen molar-refractivity contribution in [1.82, 2.24) is 20.2 Å². The first-order chi connectivity index (χ1) is 18.3. The molecule has 1 aromatic heterocycles. The van der Waals surface area contributed by atoms with E-state index in [1.165, 1.54) is 32.0 Å². The van der Waals surface area contributed by atoms with E-state index in [-0.39, 0.29) is 11.7 Å². The number of hydrogen-bond donors (Lipinski definition) is 1. The fourth-order valence-electron chi connectivity index (χ4n) is 3.52. The molecule has 0 unspecified atom stereocenters. The van der Waals surface area contributed by atoms with E-state index in [4.69, 9.17) is 9.47 Å². The van der Waals surface area contributed by atoms with E-state index < -0.39 is 5.97 Å². The van der Waals surface area contributed by atoms with Crippen LogP contribution < -0.4 is 14.9 Å². The van der Waals surface area contributed by atoms with E-state index in [9.17, 15) is 9.59 Å². The van der Waals surface area contributed by atoms with Gasteiger partial charge in [0, 0.05) is 18.2 Å². The highest BCUT2D eigenvalue weighted by Gasteiger charge is 2.17. The molecule has 38 heavy (non-hydrogen) atoms. The summed E-state index contributed by atoms with van der Waals surface area (Å²) in [6, 6.07) is 21.1. The molecular formula is C28H27N5O4S. The molecule has 0 atom stereocenters. The third-order valence-corrected chi connectivity index (χ3v) is 6.34. The number of aryl methyl sites for hydroxylation is 2. The molecule has 3 aromatic carbocycles. The van der Waals surface area contributed by atoms with Crippen LogP contribution in [0.25, 0.3) is 17.1 Å². The number of amides is 1. The van der Waals surface area contributed by atoms with E-state index in [2.05, 4.69) is 20.7 Å². The third-order valence-electron chi connectivity index (χ3n) is 5.41. The number of rotatable bonds is 9. The highest BCUT2D eigenvalue weighted by molar-refractivity contribution is 7.99. The van der Waals surface area contributed by atoms with Crippen LogP contribution in [0.3, 0.4) is 0 Å². The number of thioether (sulfide) groups is 1. The summed E-state index contributed by atoms with van der Waals surface area (Å²) in [6.45, 7) is 5.38. The van der Waals surface area contributed by atoms with Gasteiger partial charge < -0.3 is 9.47 Å². The molecule has 4 aromatic rings. The lowest BCUT2D eigenvalue weighted by atomic mass is 10.1. The second kappa shape index (κ2) is 12.2. The molecule has 194 valence electrons. The van der Waals surface area contributed by atoms with Crippen LogP contribution in [0.1, 0.15) is 23.6 Å². The molecule has 0 aliphatic heterocycles. The van der Waals surface area contributed by atoms with Crippen molar-refractivity contribution in [2.45, 2.75) is 25.9 Å². The van der Waals surface area contributed by atoms with Crippen LogP contribution in [0.4, 0.5) is 0 Å². The van der Waals surface area contributed by atoms with Crippen molar-refractivity contribution in [3.05, 3.63) is 83.4 Å². The van der Waals surface area contributed by atoms with Gasteiger partial charge in [0.05, 0.1) is 19.1 Å². The summed E-state index contributed by atoms with van der Waals surface area (Å²) < 4.78 is 12.3. The van der Waals surface area contributed by atoms with Gasteiger partial charge in [0.2, 0.25) is 0 Å². The van der Waals surface area contributed by atoms with Gasteiger partial charge in [0.25, 0.3) is 5.91 Å². The quantitative estimate of drug-likeness (QED) is 0.110. The molecule has 0 radical (unpaired) electrons. The van der Waals surface area contributed by atoms with Crippen molar-refractivity contribution in [1.29, 1.82) is 0 Å². The van der Waals surface area contributed by atoms with Gasteiger partial charge in [-0.15, -0.1) is 10.2 Å². The number of benzene rings is 3. The maximum Gasteiger partial charge on any atom is 0.308 e. The Balaban J connectivity index is 1.46. The number of esters is 1. The minimum atomic E-state index is -0.446. The Morgan fingerprint density at radius 1 is 0.974 bits per heavy atom. The smallest absolute Gasteiger partial charge is 0.308 e. The SMILES string of the molecule is COc1cc(/C=N\NC(=O)CSc2nnc(-c3ccc(C)cc3)n2-c2ccc(C)cc2)ccc1OC(C)=O. The maximum atomic E-state index is 12.5. The minimum Gasteiger partial charge on any atom is -0.493 e. The van der Waals surface area contributed by atoms with Crippen molar-refractivity contribution in [3.63, 3.8) is 0 Å². The van der Waals surface area contributed by atoms with Crippen molar-refractivity contribution in [2.75, 3.05) is 12.9 Å². The van der Waals surface area contributed by atoms with Crippen LogP contribution in [-0.4, -0.2) is 45.7 Å². The lowest BCUT2D eigenvalue weighted by Gasteiger charge is -2.11. The number of hydrogen-bond acceptors (Lipinski definition) is 8. The monoisotopic (exact) mass is 529 g/mol. The van der Waals surface area contributed by atoms with Gasteiger partial charge in [-0.1, -0.05) is 59.3 Å². The van der Waals surface area contributed by atoms with E-state index in [1.807, 2.05) is 66.9 Å². The first-order valence-electron chi connectivity index (χ1n) is 11.7. The molecule has 0 bridgehead atoms. The molecule has 0 aliphatic rings. The van der Waals surface area contributed by atoms with Gasteiger partial charge >= 0.3 is 5.97 Å². The van der Waals surface area contributed by atoms with Gasteiger partial charge in [-0.25, -0.2) is 5.43 Å². The Bertz CT molecular complexity index is 1460. The van der Waals surface area contributed by atoms with Crippen LogP contribution in [0.15, 0.2) is 77.0 Å². The Labute approximate surface area is 224 Å². The fourth-order valence-corrected chi connectivity index (χ4v) is 4.27. The number of carbonyl (C=O) groups excluding carboxylic acids is 2. The van der Waals surface area contributed by atoms with Gasteiger partial charge in [-0.2, -0.15) is 5.10 Å². The maximum absolute atomic E-state index is 12.5. The number of hydrazone groups is 1. The normalized spacial score (nSPS) is 10.9. The summed E-state index contributed by atoms with van der Waals surface area (Å²) in [4.78, 5) is 23.7. The second-order valence-electron chi connectivity index (χ2n) is 8.43. The summed E-state index contributed by atoms with van der Waals surface area (Å²) in [5, 5.41) is 13.4. The van der Waals surface area contributed by atoms with Crippen LogP contribution >= 0.6 is 11.8 Å². The molecular weight excluding hydrogens is 502 g/mol. The van der Waals surface area contributed by atoms with Crippen LogP contribution in [0, 0.1) is 13.8 Å². The Hall–Kier alpha value is -4.44. The number of methoxy groups -OCH3 is 1. The van der Waals surface area contributed by atoms with E-state index in [1.54, 1.807) is 18.2 Å². The molecule has 0 aliphatic carbocycles. The molecule has 4 rings (SSSR count). The summed E-state index contributed by atoms with van der Waals surface area (Å²) in [5.74, 6) is 0.722. The number of carbonyl (C=O) groups is 2. The number of nitrogens with one attached hydrogen (secondary N) is 1. The number of ether oxygens (including phenoxy) is 2. The average molecular weight is 530 g/mol. The van der Waals surface area contributed by atoms with Crippen molar-refractivity contribution < 1.29 is 19.1 Å². The molecule has 1 heterocycles. The highest BCUT2D eigenvalue weighted by atomic mass is 32.2. The number of nitrogens with zero attached hydrogens (tertiary/aromatic N) is 4. The lowest BCUT2D eigenvalue weighted by Crippen LogP contribution is -2.20. The molecule has 0 saturated carbocycles. The molecule has 1 N–H and O–H groups in total. The first kappa shape index (κ1) is 26.6. The summed E-state index contributed by atoms with van der Waals surface area (Å²) in [6.07, 6.45) is 1.48. The summed E-state index contributed by atoms with van der Waals surface area (Å²) in [5.41, 5.74) is 7.31. The van der Waals surface area contributed by atoms with E-state index in [0.717, 1.165) is 22.4 Å². The van der Waals surface area contributed by atoms with Crippen molar-refractivity contribution >= 4 is 29.9 Å². The Kier molecular flexibility index (Phi) is 8.55. The summed E-state index contributed by atoms with van der Waals surface area (Å²) in [7, 11) is 1.47. The van der Waals surface area contributed by atoms with Gasteiger partial charge in [0.1, 0.15) is 0 Å². The highest BCUT2D eigenvalue weighted by Crippen LogP contribution is 2.29. The molecule has 0 saturated heterocycles. The van der Waals surface area contributed by atoms with Gasteiger partial charge in [-0.3, -0.25) is 14.2 Å². The third kappa shape index (κ3) is 6.65. The predicted molar refractivity (Wildman–Crippen MR) is 147 cm³/mol. The predicted octanol–water partition coefficient (Wildman–Crippen LogP) is 4.73. The summed E-state index contributed by atoms with van der Waals surface area (Å²) >= 11 is 1.27. The molecule has 1 amide bonds. The zero-order valence-corrected chi connectivity index (χ0v) is 22.3. The molecule has 10 heteroatoms. The topological polar surface area (TPSA) is 108 Å². The van der Waals surface area contributed by atoms with Crippen LogP contribution in [-0.2, 0) is 9.59 Å². The van der Waals surface area contributed by atoms with E-state index in [0.29, 0.717) is 28.0 Å². The zero-order chi connectivity index (χ0) is 27.1. The Morgan fingerprint density at radius 3 is 2.32 bits per heavy atom. The largest absolute Gasteiger partial charge is 0.493 e. The van der Waals surface area contributed by atoms with Crippen LogP contribution in [0.5, 0.6) is 11.5 Å². The lowest BCUT2D eigenvalue weighted by molar-refractivity contribution is -0.132.